The van der Waals surface area contributed by atoms with Crippen LogP contribution in [0.15, 0.2) is 78.9 Å². The topological polar surface area (TPSA) is 0 Å². The fourth-order valence-corrected chi connectivity index (χ4v) is 1.60. The summed E-state index contributed by atoms with van der Waals surface area (Å²) in [5.41, 5.74) is 2.55. The number of hydrogen-bond donors (Lipinski definition) is 0. The van der Waals surface area contributed by atoms with Gasteiger partial charge in [-0.15, -0.1) is 31.2 Å². The molecule has 0 nitrogen and oxygen atoms in total. The Balaban J connectivity index is 0. The van der Waals surface area contributed by atoms with Gasteiger partial charge in [0.2, 0.25) is 0 Å². The first-order valence-electron chi connectivity index (χ1n) is 5.79. The van der Waals surface area contributed by atoms with E-state index in [1.54, 1.807) is 0 Å². The van der Waals surface area contributed by atoms with Crippen molar-refractivity contribution in [3.05, 3.63) is 85.0 Å². The van der Waals surface area contributed by atoms with Crippen molar-refractivity contribution in [2.24, 2.45) is 0 Å². The summed E-state index contributed by atoms with van der Waals surface area (Å²) in [6.45, 7) is 0. The molecule has 3 rings (SSSR count). The molecule has 104 valence electrons. The van der Waals surface area contributed by atoms with Gasteiger partial charge in [0, 0.05) is 26.2 Å². The van der Waals surface area contributed by atoms with Gasteiger partial charge >= 0.3 is 0 Å². The Morgan fingerprint density at radius 2 is 1.15 bits per heavy atom. The van der Waals surface area contributed by atoms with Gasteiger partial charge in [-0.25, -0.2) is 12.2 Å². The summed E-state index contributed by atoms with van der Waals surface area (Å²) in [4.78, 5) is 0. The minimum Gasteiger partial charge on any atom is -0.273 e. The number of halogens is 2. The van der Waals surface area contributed by atoms with Gasteiger partial charge in [-0.1, -0.05) is 60.7 Å². The molecule has 0 radical (unpaired) electrons. The SMILES string of the molecule is Cl.Cl.[C-]1=CC=CC1.[Zr].c1ccc(-c2ccccc2)cc1. The van der Waals surface area contributed by atoms with E-state index >= 15 is 0 Å². The molecule has 1 aliphatic rings. The smallest absolute Gasteiger partial charge is 0 e. The molecule has 0 aromatic heterocycles. The predicted octanol–water partition coefficient (Wildman–Crippen LogP) is 5.50. The molecule has 2 aromatic carbocycles. The fourth-order valence-electron chi connectivity index (χ4n) is 1.60. The molecule has 0 bridgehead atoms. The summed E-state index contributed by atoms with van der Waals surface area (Å²) in [6, 6.07) is 20.8. The van der Waals surface area contributed by atoms with Crippen molar-refractivity contribution in [3.63, 3.8) is 0 Å². The largest absolute Gasteiger partial charge is 0.273 e. The van der Waals surface area contributed by atoms with Gasteiger partial charge in [0.15, 0.2) is 0 Å². The first kappa shape index (κ1) is 21.7. The van der Waals surface area contributed by atoms with Gasteiger partial charge in [0.25, 0.3) is 0 Å². The van der Waals surface area contributed by atoms with Crippen LogP contribution in [0.1, 0.15) is 6.42 Å². The van der Waals surface area contributed by atoms with Crippen LogP contribution in [0, 0.1) is 6.08 Å². The first-order chi connectivity index (χ1) is 8.47. The van der Waals surface area contributed by atoms with E-state index in [-0.39, 0.29) is 51.0 Å². The maximum absolute atomic E-state index is 2.99. The Bertz CT molecular complexity index is 445. The van der Waals surface area contributed by atoms with E-state index in [2.05, 4.69) is 60.7 Å². The fraction of sp³-hybridized carbons (Fsp3) is 0.0588. The molecule has 0 saturated carbocycles. The minimum atomic E-state index is 0. The molecular formula is C17H17Cl2Zr-. The third-order valence-corrected chi connectivity index (χ3v) is 2.47. The van der Waals surface area contributed by atoms with E-state index in [4.69, 9.17) is 0 Å². The predicted molar refractivity (Wildman–Crippen MR) is 87.9 cm³/mol. The van der Waals surface area contributed by atoms with Gasteiger partial charge in [-0.3, -0.25) is 6.08 Å². The van der Waals surface area contributed by atoms with Crippen LogP contribution in [0.4, 0.5) is 0 Å². The molecule has 0 amide bonds. The zero-order valence-corrected chi connectivity index (χ0v) is 15.1. The summed E-state index contributed by atoms with van der Waals surface area (Å²) in [6.07, 6.45) is 10.0. The van der Waals surface area contributed by atoms with Crippen LogP contribution in [-0.4, -0.2) is 0 Å². The molecule has 0 atom stereocenters. The van der Waals surface area contributed by atoms with Crippen molar-refractivity contribution in [1.82, 2.24) is 0 Å². The normalized spacial score (nSPS) is 10.2. The molecule has 0 unspecified atom stereocenters. The van der Waals surface area contributed by atoms with E-state index in [9.17, 15) is 0 Å². The van der Waals surface area contributed by atoms with Crippen LogP contribution >= 0.6 is 24.8 Å². The van der Waals surface area contributed by atoms with Crippen molar-refractivity contribution in [2.75, 3.05) is 0 Å². The Labute approximate surface area is 152 Å². The Hall–Kier alpha value is -0.617. The van der Waals surface area contributed by atoms with Gasteiger partial charge < -0.3 is 0 Å². The molecule has 0 aliphatic heterocycles. The van der Waals surface area contributed by atoms with Gasteiger partial charge in [-0.05, 0) is 11.1 Å². The van der Waals surface area contributed by atoms with Crippen molar-refractivity contribution in [2.45, 2.75) is 6.42 Å². The van der Waals surface area contributed by atoms with Crippen LogP contribution in [0.2, 0.25) is 0 Å². The second-order valence-electron chi connectivity index (χ2n) is 3.74. The monoisotopic (exact) mass is 381 g/mol. The average Bonchev–Trinajstić information content (AvgIpc) is 3.00. The molecule has 0 spiro atoms. The molecule has 0 saturated heterocycles. The summed E-state index contributed by atoms with van der Waals surface area (Å²) < 4.78 is 0. The van der Waals surface area contributed by atoms with Gasteiger partial charge in [0.05, 0.1) is 0 Å². The summed E-state index contributed by atoms with van der Waals surface area (Å²) in [7, 11) is 0. The second kappa shape index (κ2) is 13.4. The number of allylic oxidation sites excluding steroid dienone is 4. The van der Waals surface area contributed by atoms with Crippen molar-refractivity contribution in [1.29, 1.82) is 0 Å². The van der Waals surface area contributed by atoms with E-state index in [0.29, 0.717) is 0 Å². The average molecular weight is 383 g/mol. The first-order valence-corrected chi connectivity index (χ1v) is 5.79. The van der Waals surface area contributed by atoms with Crippen LogP contribution in [0.5, 0.6) is 0 Å². The maximum Gasteiger partial charge on any atom is 0 e. The maximum atomic E-state index is 2.99. The third kappa shape index (κ3) is 7.85. The standard InChI is InChI=1S/C12H10.C5H5.2ClH.Zr/c1-3-7-11(8-4-1)12-9-5-2-6-10-12;1-2-4-5-3-1;;;/h1-10H;1-3H,4H2;2*1H;/q;-1;;;. The molecule has 3 heteroatoms. The van der Waals surface area contributed by atoms with Gasteiger partial charge in [-0.2, -0.15) is 6.08 Å². The van der Waals surface area contributed by atoms with E-state index < -0.39 is 0 Å². The Morgan fingerprint density at radius 1 is 0.700 bits per heavy atom. The summed E-state index contributed by atoms with van der Waals surface area (Å²) in [5, 5.41) is 0. The Kier molecular flexibility index (Phi) is 14.5. The molecule has 0 heterocycles. The Morgan fingerprint density at radius 3 is 1.40 bits per heavy atom. The molecule has 20 heavy (non-hydrogen) atoms. The van der Waals surface area contributed by atoms with Crippen LogP contribution in [0.3, 0.4) is 0 Å². The molecular weight excluding hydrogens is 366 g/mol. The van der Waals surface area contributed by atoms with E-state index in [1.165, 1.54) is 11.1 Å². The van der Waals surface area contributed by atoms with Crippen LogP contribution in [-0.2, 0) is 26.2 Å². The summed E-state index contributed by atoms with van der Waals surface area (Å²) in [5.74, 6) is 0. The summed E-state index contributed by atoms with van der Waals surface area (Å²) >= 11 is 0. The molecule has 0 N–H and O–H groups in total. The van der Waals surface area contributed by atoms with E-state index in [0.717, 1.165) is 6.42 Å². The van der Waals surface area contributed by atoms with Crippen molar-refractivity contribution >= 4 is 24.8 Å². The minimum absolute atomic E-state index is 0. The number of benzene rings is 2. The quantitative estimate of drug-likeness (QED) is 0.571. The number of rotatable bonds is 1. The third-order valence-electron chi connectivity index (χ3n) is 2.47. The molecule has 1 aliphatic carbocycles. The molecule has 0 fully saturated rings. The van der Waals surface area contributed by atoms with E-state index in [1.807, 2.05) is 24.3 Å². The molecule has 2 aromatic rings. The zero-order chi connectivity index (χ0) is 11.8. The van der Waals surface area contributed by atoms with Crippen LogP contribution < -0.4 is 0 Å². The number of hydrogen-bond acceptors (Lipinski definition) is 0. The van der Waals surface area contributed by atoms with Gasteiger partial charge in [0.1, 0.15) is 0 Å². The van der Waals surface area contributed by atoms with Crippen LogP contribution in [0.25, 0.3) is 11.1 Å². The second-order valence-corrected chi connectivity index (χ2v) is 3.74. The van der Waals surface area contributed by atoms with Crippen molar-refractivity contribution in [3.8, 4) is 11.1 Å². The zero-order valence-electron chi connectivity index (χ0n) is 11.0. The van der Waals surface area contributed by atoms with Crippen molar-refractivity contribution < 1.29 is 26.2 Å².